The molecule has 0 aromatic heterocycles. The highest BCUT2D eigenvalue weighted by Crippen LogP contribution is 2.36. The number of ether oxygens (including phenoxy) is 1. The molecule has 0 saturated carbocycles. The first kappa shape index (κ1) is 12.4. The molecule has 0 aromatic rings. The molecule has 0 aliphatic carbocycles. The lowest BCUT2D eigenvalue weighted by Gasteiger charge is -2.37. The van der Waals surface area contributed by atoms with Crippen LogP contribution in [0.25, 0.3) is 0 Å². The first-order chi connectivity index (χ1) is 7.74. The van der Waals surface area contributed by atoms with E-state index in [1.54, 1.807) is 0 Å². The van der Waals surface area contributed by atoms with Gasteiger partial charge in [-0.2, -0.15) is 0 Å². The maximum absolute atomic E-state index is 6.28. The van der Waals surface area contributed by atoms with Crippen molar-refractivity contribution in [1.29, 1.82) is 0 Å². The zero-order chi connectivity index (χ0) is 11.5. The minimum Gasteiger partial charge on any atom is -0.375 e. The molecule has 0 radical (unpaired) electrons. The number of piperidine rings is 1. The lowest BCUT2D eigenvalue weighted by Crippen LogP contribution is -2.43. The lowest BCUT2D eigenvalue weighted by atomic mass is 10.00. The van der Waals surface area contributed by atoms with Gasteiger partial charge in [-0.3, -0.25) is 0 Å². The van der Waals surface area contributed by atoms with Gasteiger partial charge in [0.1, 0.15) is 0 Å². The number of hydrogen-bond acceptors (Lipinski definition) is 2. The number of rotatable bonds is 5. The molecule has 3 unspecified atom stereocenters. The molecule has 2 bridgehead atoms. The molecular formula is C14H27NO. The summed E-state index contributed by atoms with van der Waals surface area (Å²) < 4.78 is 6.28. The van der Waals surface area contributed by atoms with Crippen molar-refractivity contribution in [3.8, 4) is 0 Å². The highest BCUT2D eigenvalue weighted by atomic mass is 16.5. The summed E-state index contributed by atoms with van der Waals surface area (Å²) in [7, 11) is 2.29. The molecule has 2 nitrogen and oxygen atoms in total. The Balaban J connectivity index is 1.83. The Hall–Kier alpha value is -0.0800. The van der Waals surface area contributed by atoms with Crippen LogP contribution in [-0.2, 0) is 4.74 Å². The van der Waals surface area contributed by atoms with Crippen LogP contribution in [0.4, 0.5) is 0 Å². The first-order valence-electron chi connectivity index (χ1n) is 7.12. The van der Waals surface area contributed by atoms with Crippen molar-refractivity contribution in [3.63, 3.8) is 0 Å². The maximum atomic E-state index is 6.28. The van der Waals surface area contributed by atoms with Crippen LogP contribution >= 0.6 is 0 Å². The molecule has 2 aliphatic rings. The SMILES string of the molecule is CCCC(CC)OC1CC2CCC(C1)N2C. The van der Waals surface area contributed by atoms with Crippen LogP contribution < -0.4 is 0 Å². The Kier molecular flexibility index (Phi) is 4.26. The van der Waals surface area contributed by atoms with Crippen molar-refractivity contribution in [2.45, 2.75) is 83.1 Å². The predicted molar refractivity (Wildman–Crippen MR) is 67.7 cm³/mol. The van der Waals surface area contributed by atoms with Gasteiger partial charge in [0.15, 0.2) is 0 Å². The molecular weight excluding hydrogens is 198 g/mol. The van der Waals surface area contributed by atoms with Gasteiger partial charge in [0.05, 0.1) is 12.2 Å². The van der Waals surface area contributed by atoms with Crippen LogP contribution in [-0.4, -0.2) is 36.2 Å². The maximum Gasteiger partial charge on any atom is 0.0608 e. The third-order valence-electron chi connectivity index (χ3n) is 4.51. The van der Waals surface area contributed by atoms with Gasteiger partial charge in [-0.05, 0) is 45.6 Å². The second kappa shape index (κ2) is 5.50. The highest BCUT2D eigenvalue weighted by Gasteiger charge is 2.39. The standard InChI is InChI=1S/C14H27NO/c1-4-6-13(5-2)16-14-9-11-7-8-12(10-14)15(11)3/h11-14H,4-10H2,1-3H3. The van der Waals surface area contributed by atoms with E-state index in [-0.39, 0.29) is 0 Å². The van der Waals surface area contributed by atoms with Gasteiger partial charge >= 0.3 is 0 Å². The Labute approximate surface area is 100 Å². The van der Waals surface area contributed by atoms with Crippen molar-refractivity contribution in [1.82, 2.24) is 4.90 Å². The molecule has 0 aromatic carbocycles. The minimum atomic E-state index is 0.512. The molecule has 2 heteroatoms. The number of nitrogens with zero attached hydrogens (tertiary/aromatic N) is 1. The summed E-state index contributed by atoms with van der Waals surface area (Å²) in [6.07, 6.45) is 10.0. The van der Waals surface area contributed by atoms with Crippen molar-refractivity contribution < 1.29 is 4.74 Å². The average molecular weight is 225 g/mol. The van der Waals surface area contributed by atoms with Crippen LogP contribution in [0.2, 0.25) is 0 Å². The first-order valence-corrected chi connectivity index (χ1v) is 7.12. The summed E-state index contributed by atoms with van der Waals surface area (Å²) in [5, 5.41) is 0. The third kappa shape index (κ3) is 2.60. The molecule has 3 atom stereocenters. The quantitative estimate of drug-likeness (QED) is 0.712. The monoisotopic (exact) mass is 225 g/mol. The fourth-order valence-corrected chi connectivity index (χ4v) is 3.44. The van der Waals surface area contributed by atoms with E-state index in [0.29, 0.717) is 12.2 Å². The van der Waals surface area contributed by atoms with Crippen molar-refractivity contribution >= 4 is 0 Å². The third-order valence-corrected chi connectivity index (χ3v) is 4.51. The van der Waals surface area contributed by atoms with E-state index in [4.69, 9.17) is 4.74 Å². The molecule has 0 N–H and O–H groups in total. The number of fused-ring (bicyclic) bond motifs is 2. The average Bonchev–Trinajstić information content (AvgIpc) is 2.53. The van der Waals surface area contributed by atoms with Crippen LogP contribution in [0.15, 0.2) is 0 Å². The van der Waals surface area contributed by atoms with Gasteiger partial charge < -0.3 is 9.64 Å². The minimum absolute atomic E-state index is 0.512. The van der Waals surface area contributed by atoms with Gasteiger partial charge in [-0.1, -0.05) is 20.3 Å². The van der Waals surface area contributed by atoms with E-state index in [2.05, 4.69) is 25.8 Å². The predicted octanol–water partition coefficient (Wildman–Crippen LogP) is 3.21. The smallest absolute Gasteiger partial charge is 0.0608 e. The fraction of sp³-hybridized carbons (Fsp3) is 1.00. The molecule has 2 rings (SSSR count). The Morgan fingerprint density at radius 2 is 1.81 bits per heavy atom. The largest absolute Gasteiger partial charge is 0.375 e. The van der Waals surface area contributed by atoms with Gasteiger partial charge in [-0.25, -0.2) is 0 Å². The van der Waals surface area contributed by atoms with Crippen LogP contribution in [0.3, 0.4) is 0 Å². The van der Waals surface area contributed by atoms with Gasteiger partial charge in [-0.15, -0.1) is 0 Å². The molecule has 0 spiro atoms. The summed E-state index contributed by atoms with van der Waals surface area (Å²) >= 11 is 0. The zero-order valence-corrected chi connectivity index (χ0v) is 11.1. The van der Waals surface area contributed by atoms with Crippen molar-refractivity contribution in [3.05, 3.63) is 0 Å². The summed E-state index contributed by atoms with van der Waals surface area (Å²) in [5.74, 6) is 0. The van der Waals surface area contributed by atoms with Gasteiger partial charge in [0, 0.05) is 12.1 Å². The molecule has 2 aliphatic heterocycles. The molecule has 2 saturated heterocycles. The Morgan fingerprint density at radius 3 is 2.31 bits per heavy atom. The van der Waals surface area contributed by atoms with Crippen molar-refractivity contribution in [2.75, 3.05) is 7.05 Å². The van der Waals surface area contributed by atoms with E-state index >= 15 is 0 Å². The van der Waals surface area contributed by atoms with Crippen LogP contribution in [0, 0.1) is 0 Å². The molecule has 0 amide bonds. The molecule has 2 fully saturated rings. The molecule has 16 heavy (non-hydrogen) atoms. The van der Waals surface area contributed by atoms with Crippen LogP contribution in [0.1, 0.15) is 58.8 Å². The second-order valence-corrected chi connectivity index (χ2v) is 5.60. The normalized spacial score (nSPS) is 36.6. The summed E-state index contributed by atoms with van der Waals surface area (Å²) in [4.78, 5) is 2.58. The molecule has 94 valence electrons. The number of hydrogen-bond donors (Lipinski definition) is 0. The lowest BCUT2D eigenvalue weighted by molar-refractivity contribution is -0.0601. The topological polar surface area (TPSA) is 12.5 Å². The summed E-state index contributed by atoms with van der Waals surface area (Å²) in [5.41, 5.74) is 0. The van der Waals surface area contributed by atoms with Crippen LogP contribution in [0.5, 0.6) is 0 Å². The van der Waals surface area contributed by atoms with E-state index in [9.17, 15) is 0 Å². The highest BCUT2D eigenvalue weighted by molar-refractivity contribution is 4.94. The van der Waals surface area contributed by atoms with E-state index in [0.717, 1.165) is 12.1 Å². The van der Waals surface area contributed by atoms with E-state index in [1.165, 1.54) is 44.9 Å². The van der Waals surface area contributed by atoms with E-state index in [1.807, 2.05) is 0 Å². The van der Waals surface area contributed by atoms with E-state index < -0.39 is 0 Å². The molecule has 2 heterocycles. The van der Waals surface area contributed by atoms with Crippen molar-refractivity contribution in [2.24, 2.45) is 0 Å². The Morgan fingerprint density at radius 1 is 1.19 bits per heavy atom. The summed E-state index contributed by atoms with van der Waals surface area (Å²) in [6.45, 7) is 4.51. The van der Waals surface area contributed by atoms with Gasteiger partial charge in [0.25, 0.3) is 0 Å². The fourth-order valence-electron chi connectivity index (χ4n) is 3.44. The van der Waals surface area contributed by atoms with Gasteiger partial charge in [0.2, 0.25) is 0 Å². The zero-order valence-electron chi connectivity index (χ0n) is 11.1. The Bertz CT molecular complexity index is 205. The summed E-state index contributed by atoms with van der Waals surface area (Å²) in [6, 6.07) is 1.62. The second-order valence-electron chi connectivity index (χ2n) is 5.60.